The lowest BCUT2D eigenvalue weighted by Gasteiger charge is -2.18. The fourth-order valence-corrected chi connectivity index (χ4v) is 3.18. The second kappa shape index (κ2) is 7.27. The van der Waals surface area contributed by atoms with Crippen LogP contribution in [0.4, 0.5) is 10.1 Å². The number of halogens is 1. The third-order valence-electron chi connectivity index (χ3n) is 4.61. The number of anilines is 1. The summed E-state index contributed by atoms with van der Waals surface area (Å²) in [5.74, 6) is 1.55. The molecule has 2 heterocycles. The Morgan fingerprint density at radius 3 is 2.52 bits per heavy atom. The monoisotopic (exact) mass is 389 g/mol. The Kier molecular flexibility index (Phi) is 4.32. The molecule has 0 aliphatic carbocycles. The predicted molar refractivity (Wildman–Crippen MR) is 104 cm³/mol. The van der Waals surface area contributed by atoms with Crippen LogP contribution < -0.4 is 14.8 Å². The van der Waals surface area contributed by atoms with E-state index >= 15 is 0 Å². The summed E-state index contributed by atoms with van der Waals surface area (Å²) in [7, 11) is 0. The van der Waals surface area contributed by atoms with Gasteiger partial charge in [0.1, 0.15) is 11.9 Å². The largest absolute Gasteiger partial charge is 0.454 e. The molecule has 1 aliphatic heterocycles. The molecule has 144 valence electrons. The van der Waals surface area contributed by atoms with Crippen LogP contribution in [0.15, 0.2) is 77.2 Å². The Bertz CT molecular complexity index is 1150. The minimum absolute atomic E-state index is 0.180. The second-order valence-electron chi connectivity index (χ2n) is 6.48. The van der Waals surface area contributed by atoms with Crippen molar-refractivity contribution in [2.45, 2.75) is 6.04 Å². The molecule has 4 aromatic rings. The van der Waals surface area contributed by atoms with Crippen LogP contribution in [0, 0.1) is 5.82 Å². The lowest BCUT2D eigenvalue weighted by molar-refractivity contribution is 0.174. The van der Waals surface area contributed by atoms with Crippen molar-refractivity contribution in [2.24, 2.45) is 0 Å². The van der Waals surface area contributed by atoms with Crippen LogP contribution in [-0.2, 0) is 0 Å². The maximum absolute atomic E-state index is 14.6. The molecule has 1 atom stereocenters. The summed E-state index contributed by atoms with van der Waals surface area (Å²) in [6.45, 7) is 0.180. The summed E-state index contributed by atoms with van der Waals surface area (Å²) in [6.07, 6.45) is 0. The summed E-state index contributed by atoms with van der Waals surface area (Å²) < 4.78 is 31.3. The van der Waals surface area contributed by atoms with Gasteiger partial charge in [0.15, 0.2) is 11.5 Å². The number of fused-ring (bicyclic) bond motifs is 1. The van der Waals surface area contributed by atoms with Gasteiger partial charge >= 0.3 is 0 Å². The zero-order valence-corrected chi connectivity index (χ0v) is 15.2. The number of benzene rings is 3. The first kappa shape index (κ1) is 17.2. The summed E-state index contributed by atoms with van der Waals surface area (Å²) >= 11 is 0. The fraction of sp³-hybridized carbons (Fsp3) is 0.0909. The van der Waals surface area contributed by atoms with E-state index in [1.165, 1.54) is 6.07 Å². The van der Waals surface area contributed by atoms with Crippen molar-refractivity contribution in [3.8, 4) is 23.0 Å². The molecule has 0 fully saturated rings. The molecule has 0 saturated carbocycles. The van der Waals surface area contributed by atoms with Crippen LogP contribution >= 0.6 is 0 Å². The summed E-state index contributed by atoms with van der Waals surface area (Å²) in [6, 6.07) is 20.7. The highest BCUT2D eigenvalue weighted by Crippen LogP contribution is 2.36. The van der Waals surface area contributed by atoms with Gasteiger partial charge in [-0.3, -0.25) is 0 Å². The van der Waals surface area contributed by atoms with E-state index in [1.54, 1.807) is 30.3 Å². The summed E-state index contributed by atoms with van der Waals surface area (Å²) in [4.78, 5) is 0. The van der Waals surface area contributed by atoms with Crippen molar-refractivity contribution in [1.82, 2.24) is 10.2 Å². The molecule has 6 nitrogen and oxygen atoms in total. The molecule has 0 radical (unpaired) electrons. The second-order valence-corrected chi connectivity index (χ2v) is 6.48. The number of ether oxygens (including phenoxy) is 2. The van der Waals surface area contributed by atoms with Crippen molar-refractivity contribution >= 4 is 5.69 Å². The molecule has 7 heteroatoms. The van der Waals surface area contributed by atoms with Crippen LogP contribution in [0.1, 0.15) is 17.5 Å². The van der Waals surface area contributed by atoms with Gasteiger partial charge in [-0.1, -0.05) is 36.4 Å². The molecule has 3 aromatic carbocycles. The highest BCUT2D eigenvalue weighted by molar-refractivity contribution is 5.57. The third kappa shape index (κ3) is 3.38. The molecule has 0 spiro atoms. The van der Waals surface area contributed by atoms with E-state index in [9.17, 15) is 4.39 Å². The Labute approximate surface area is 165 Å². The number of aromatic nitrogens is 2. The minimum atomic E-state index is -0.679. The maximum atomic E-state index is 14.6. The van der Waals surface area contributed by atoms with Crippen molar-refractivity contribution < 1.29 is 18.3 Å². The topological polar surface area (TPSA) is 69.4 Å². The van der Waals surface area contributed by atoms with E-state index in [2.05, 4.69) is 15.5 Å². The molecule has 5 rings (SSSR count). The zero-order chi connectivity index (χ0) is 19.6. The smallest absolute Gasteiger partial charge is 0.247 e. The van der Waals surface area contributed by atoms with E-state index in [4.69, 9.17) is 13.9 Å². The normalized spacial score (nSPS) is 13.3. The molecule has 1 aromatic heterocycles. The van der Waals surface area contributed by atoms with Crippen molar-refractivity contribution in [3.63, 3.8) is 0 Å². The van der Waals surface area contributed by atoms with Crippen molar-refractivity contribution in [2.75, 3.05) is 12.1 Å². The minimum Gasteiger partial charge on any atom is -0.454 e. The van der Waals surface area contributed by atoms with E-state index in [-0.39, 0.29) is 18.5 Å². The number of rotatable bonds is 5. The van der Waals surface area contributed by atoms with Gasteiger partial charge in [-0.05, 0) is 30.3 Å². The quantitative estimate of drug-likeness (QED) is 0.528. The SMILES string of the molecule is Fc1ccccc1C(Nc1ccc2c(c1)OCO2)c1nnc(-c2ccccc2)o1. The average Bonchev–Trinajstić information content (AvgIpc) is 3.43. The molecule has 29 heavy (non-hydrogen) atoms. The molecule has 0 bridgehead atoms. The Hall–Kier alpha value is -3.87. The summed E-state index contributed by atoms with van der Waals surface area (Å²) in [5, 5.41) is 11.6. The Morgan fingerprint density at radius 2 is 1.66 bits per heavy atom. The average molecular weight is 389 g/mol. The van der Waals surface area contributed by atoms with Gasteiger partial charge in [0.2, 0.25) is 18.6 Å². The van der Waals surface area contributed by atoms with Crippen LogP contribution in [0.2, 0.25) is 0 Å². The van der Waals surface area contributed by atoms with Crippen LogP contribution in [-0.4, -0.2) is 17.0 Å². The third-order valence-corrected chi connectivity index (χ3v) is 4.61. The lowest BCUT2D eigenvalue weighted by atomic mass is 10.1. The first-order chi connectivity index (χ1) is 14.3. The fourth-order valence-electron chi connectivity index (χ4n) is 3.18. The van der Waals surface area contributed by atoms with Crippen LogP contribution in [0.5, 0.6) is 11.5 Å². The van der Waals surface area contributed by atoms with Gasteiger partial charge in [0, 0.05) is 22.9 Å². The van der Waals surface area contributed by atoms with Crippen LogP contribution in [0.3, 0.4) is 0 Å². The molecular weight excluding hydrogens is 373 g/mol. The highest BCUT2D eigenvalue weighted by atomic mass is 19.1. The lowest BCUT2D eigenvalue weighted by Crippen LogP contribution is -2.14. The Morgan fingerprint density at radius 1 is 0.862 bits per heavy atom. The van der Waals surface area contributed by atoms with Gasteiger partial charge in [-0.2, -0.15) is 0 Å². The number of hydrogen-bond acceptors (Lipinski definition) is 6. The molecular formula is C22H16FN3O3. The number of nitrogens with zero attached hydrogens (tertiary/aromatic N) is 2. The summed E-state index contributed by atoms with van der Waals surface area (Å²) in [5.41, 5.74) is 1.90. The molecule has 0 amide bonds. The van der Waals surface area contributed by atoms with Crippen molar-refractivity contribution in [3.05, 3.63) is 90.1 Å². The standard InChI is InChI=1S/C22H16FN3O3/c23-17-9-5-4-8-16(17)20(24-15-10-11-18-19(12-15)28-13-27-18)22-26-25-21(29-22)14-6-2-1-3-7-14/h1-12,20,24H,13H2. The van der Waals surface area contributed by atoms with Gasteiger partial charge < -0.3 is 19.2 Å². The maximum Gasteiger partial charge on any atom is 0.247 e. The molecule has 0 saturated heterocycles. The number of hydrogen-bond donors (Lipinski definition) is 1. The van der Waals surface area contributed by atoms with Crippen molar-refractivity contribution in [1.29, 1.82) is 0 Å². The predicted octanol–water partition coefficient (Wildman–Crippen LogP) is 4.81. The van der Waals surface area contributed by atoms with Gasteiger partial charge in [-0.15, -0.1) is 10.2 Å². The number of nitrogens with one attached hydrogen (secondary N) is 1. The molecule has 1 aliphatic rings. The van der Waals surface area contributed by atoms with E-state index in [0.717, 1.165) is 5.56 Å². The van der Waals surface area contributed by atoms with E-state index < -0.39 is 6.04 Å². The van der Waals surface area contributed by atoms with Crippen LogP contribution in [0.25, 0.3) is 11.5 Å². The Balaban J connectivity index is 1.53. The van der Waals surface area contributed by atoms with Gasteiger partial charge in [0.05, 0.1) is 0 Å². The highest BCUT2D eigenvalue weighted by Gasteiger charge is 2.25. The first-order valence-electron chi connectivity index (χ1n) is 9.07. The van der Waals surface area contributed by atoms with E-state index in [1.807, 2.05) is 36.4 Å². The first-order valence-corrected chi connectivity index (χ1v) is 9.07. The van der Waals surface area contributed by atoms with Gasteiger partial charge in [0.25, 0.3) is 0 Å². The van der Waals surface area contributed by atoms with E-state index in [0.29, 0.717) is 28.6 Å². The molecule has 1 N–H and O–H groups in total. The zero-order valence-electron chi connectivity index (χ0n) is 15.2. The molecule has 1 unspecified atom stereocenters. The van der Waals surface area contributed by atoms with Gasteiger partial charge in [-0.25, -0.2) is 4.39 Å².